The number of Topliss-reactive ketones (excluding diaryl/α,β-unsaturated/α-hetero) is 1. The molecular formula is C17H14O4S2. The van der Waals surface area contributed by atoms with E-state index in [0.29, 0.717) is 27.3 Å². The number of rotatable bonds is 3. The molecule has 1 aliphatic rings. The third kappa shape index (κ3) is 2.58. The largest absolute Gasteiger partial charge is 0.515 e. The molecule has 23 heavy (non-hydrogen) atoms. The highest BCUT2D eigenvalue weighted by Crippen LogP contribution is 2.45. The Hall–Kier alpha value is -2.05. The van der Waals surface area contributed by atoms with Gasteiger partial charge in [-0.1, -0.05) is 30.3 Å². The lowest BCUT2D eigenvalue weighted by Gasteiger charge is -2.25. The fraction of sp³-hybridized carbons (Fsp3) is 0.176. The molecule has 2 N–H and O–H groups in total. The zero-order valence-electron chi connectivity index (χ0n) is 12.3. The number of hydrogen-bond donors (Lipinski definition) is 2. The van der Waals surface area contributed by atoms with Gasteiger partial charge in [0.25, 0.3) is 0 Å². The molecule has 0 fully saturated rings. The first-order valence-corrected chi connectivity index (χ1v) is 8.99. The minimum atomic E-state index is -1.01. The highest BCUT2D eigenvalue weighted by Gasteiger charge is 2.37. The smallest absolute Gasteiger partial charge is 0.346 e. The van der Waals surface area contributed by atoms with Crippen molar-refractivity contribution < 1.29 is 19.8 Å². The standard InChI is InChI=1S/C17H14O4S2/c1-22-17-13-11(15(23-17)16(20)21)7-10(12(8-18)14(13)19)9-5-3-2-4-6-9/h2-6,8,10,18H,7H2,1H3,(H,20,21). The minimum absolute atomic E-state index is 0.218. The van der Waals surface area contributed by atoms with Gasteiger partial charge in [-0.05, 0) is 23.8 Å². The van der Waals surface area contributed by atoms with E-state index in [0.717, 1.165) is 23.2 Å². The van der Waals surface area contributed by atoms with Crippen LogP contribution in [0.2, 0.25) is 0 Å². The molecule has 1 atom stereocenters. The van der Waals surface area contributed by atoms with Crippen molar-refractivity contribution in [3.63, 3.8) is 0 Å². The van der Waals surface area contributed by atoms with E-state index in [1.54, 1.807) is 0 Å². The summed E-state index contributed by atoms with van der Waals surface area (Å²) in [5.74, 6) is -1.62. The molecule has 2 aromatic rings. The van der Waals surface area contributed by atoms with E-state index in [9.17, 15) is 19.8 Å². The molecule has 1 heterocycles. The Morgan fingerprint density at radius 2 is 2.04 bits per heavy atom. The Morgan fingerprint density at radius 3 is 2.61 bits per heavy atom. The van der Waals surface area contributed by atoms with E-state index in [-0.39, 0.29) is 16.6 Å². The van der Waals surface area contributed by atoms with Crippen molar-refractivity contribution in [2.75, 3.05) is 6.26 Å². The summed E-state index contributed by atoms with van der Waals surface area (Å²) in [7, 11) is 0. The number of thiophene rings is 1. The number of carboxylic acids is 1. The number of aliphatic hydroxyl groups is 1. The number of carbonyl (C=O) groups is 2. The van der Waals surface area contributed by atoms with Crippen LogP contribution < -0.4 is 0 Å². The first-order chi connectivity index (χ1) is 11.1. The van der Waals surface area contributed by atoms with E-state index in [2.05, 4.69) is 0 Å². The number of allylic oxidation sites excluding steroid dienone is 1. The Kier molecular flexibility index (Phi) is 4.28. The minimum Gasteiger partial charge on any atom is -0.515 e. The fourth-order valence-corrected chi connectivity index (χ4v) is 4.83. The lowest BCUT2D eigenvalue weighted by Crippen LogP contribution is -2.23. The van der Waals surface area contributed by atoms with Gasteiger partial charge < -0.3 is 10.2 Å². The number of aromatic carboxylic acids is 1. The van der Waals surface area contributed by atoms with E-state index in [4.69, 9.17) is 0 Å². The number of thioether (sulfide) groups is 1. The summed E-state index contributed by atoms with van der Waals surface area (Å²) in [4.78, 5) is 24.6. The normalized spacial score (nSPS) is 18.9. The summed E-state index contributed by atoms with van der Waals surface area (Å²) in [6, 6.07) is 9.37. The van der Waals surface area contributed by atoms with Gasteiger partial charge in [0.15, 0.2) is 5.78 Å². The summed E-state index contributed by atoms with van der Waals surface area (Å²) in [5, 5.41) is 19.0. The topological polar surface area (TPSA) is 74.6 Å². The molecule has 0 saturated carbocycles. The van der Waals surface area contributed by atoms with Gasteiger partial charge in [-0.3, -0.25) is 4.79 Å². The summed E-state index contributed by atoms with van der Waals surface area (Å²) in [5.41, 5.74) is 2.22. The molecule has 4 nitrogen and oxygen atoms in total. The number of benzene rings is 1. The van der Waals surface area contributed by atoms with E-state index < -0.39 is 5.97 Å². The van der Waals surface area contributed by atoms with Gasteiger partial charge in [-0.15, -0.1) is 23.1 Å². The summed E-state index contributed by atoms with van der Waals surface area (Å²) in [6.07, 6.45) is 3.08. The third-order valence-corrected chi connectivity index (χ3v) is 6.31. The second kappa shape index (κ2) is 6.22. The van der Waals surface area contributed by atoms with Crippen molar-refractivity contribution >= 4 is 34.9 Å². The summed E-state index contributed by atoms with van der Waals surface area (Å²) >= 11 is 2.49. The van der Waals surface area contributed by atoms with Gasteiger partial charge in [0.2, 0.25) is 0 Å². The number of carbonyl (C=O) groups excluding carboxylic acids is 1. The molecule has 6 heteroatoms. The average Bonchev–Trinajstić information content (AvgIpc) is 2.94. The van der Waals surface area contributed by atoms with Crippen molar-refractivity contribution in [2.24, 2.45) is 0 Å². The Labute approximate surface area is 141 Å². The molecular weight excluding hydrogens is 332 g/mol. The van der Waals surface area contributed by atoms with Crippen molar-refractivity contribution in [3.05, 3.63) is 63.7 Å². The second-order valence-corrected chi connectivity index (χ2v) is 7.26. The Morgan fingerprint density at radius 1 is 1.35 bits per heavy atom. The molecule has 1 unspecified atom stereocenters. The van der Waals surface area contributed by atoms with Gasteiger partial charge in [0.05, 0.1) is 16.0 Å². The van der Waals surface area contributed by atoms with Gasteiger partial charge in [0.1, 0.15) is 4.88 Å². The van der Waals surface area contributed by atoms with Crippen molar-refractivity contribution in [1.29, 1.82) is 0 Å². The monoisotopic (exact) mass is 346 g/mol. The zero-order chi connectivity index (χ0) is 16.6. The molecule has 118 valence electrons. The first kappa shape index (κ1) is 15.8. The van der Waals surface area contributed by atoms with Crippen LogP contribution in [0.1, 0.15) is 37.1 Å². The third-order valence-electron chi connectivity index (χ3n) is 3.97. The lowest BCUT2D eigenvalue weighted by molar-refractivity contribution is 0.0701. The maximum Gasteiger partial charge on any atom is 0.346 e. The number of hydrogen-bond acceptors (Lipinski definition) is 5. The predicted molar refractivity (Wildman–Crippen MR) is 91.0 cm³/mol. The van der Waals surface area contributed by atoms with Gasteiger partial charge in [-0.2, -0.15) is 0 Å². The van der Waals surface area contributed by atoms with Gasteiger partial charge in [0, 0.05) is 11.5 Å². The van der Waals surface area contributed by atoms with Crippen LogP contribution in [0.3, 0.4) is 0 Å². The van der Waals surface area contributed by atoms with Crippen LogP contribution in [0.4, 0.5) is 0 Å². The molecule has 0 spiro atoms. The van der Waals surface area contributed by atoms with Gasteiger partial charge in [-0.25, -0.2) is 4.79 Å². The molecule has 0 bridgehead atoms. The highest BCUT2D eigenvalue weighted by atomic mass is 32.2. The Bertz CT molecular complexity index is 806. The maximum atomic E-state index is 12.8. The Balaban J connectivity index is 2.20. The molecule has 1 aliphatic carbocycles. The van der Waals surface area contributed by atoms with Gasteiger partial charge >= 0.3 is 5.97 Å². The van der Waals surface area contributed by atoms with Crippen LogP contribution >= 0.6 is 23.1 Å². The second-order valence-electron chi connectivity index (χ2n) is 5.16. The summed E-state index contributed by atoms with van der Waals surface area (Å²) < 4.78 is 0.688. The van der Waals surface area contributed by atoms with Crippen LogP contribution in [0.15, 0.2) is 46.4 Å². The molecule has 0 amide bonds. The molecule has 1 aromatic carbocycles. The van der Waals surface area contributed by atoms with E-state index in [1.165, 1.54) is 11.8 Å². The molecule has 0 radical (unpaired) electrons. The zero-order valence-corrected chi connectivity index (χ0v) is 13.9. The van der Waals surface area contributed by atoms with Crippen molar-refractivity contribution in [1.82, 2.24) is 0 Å². The van der Waals surface area contributed by atoms with E-state index in [1.807, 2.05) is 36.6 Å². The van der Waals surface area contributed by atoms with Crippen LogP contribution in [0.5, 0.6) is 0 Å². The predicted octanol–water partition coefficient (Wildman–Crippen LogP) is 4.13. The molecule has 0 saturated heterocycles. The quantitative estimate of drug-likeness (QED) is 0.496. The highest BCUT2D eigenvalue weighted by molar-refractivity contribution is 8.00. The first-order valence-electron chi connectivity index (χ1n) is 6.95. The van der Waals surface area contributed by atoms with Crippen LogP contribution in [0.25, 0.3) is 0 Å². The summed E-state index contributed by atoms with van der Waals surface area (Å²) in [6.45, 7) is 0. The number of fused-ring (bicyclic) bond motifs is 1. The van der Waals surface area contributed by atoms with Crippen LogP contribution in [0, 0.1) is 0 Å². The lowest BCUT2D eigenvalue weighted by atomic mass is 9.77. The maximum absolute atomic E-state index is 12.8. The molecule has 0 aliphatic heterocycles. The number of aliphatic hydroxyl groups excluding tert-OH is 1. The van der Waals surface area contributed by atoms with Crippen LogP contribution in [-0.4, -0.2) is 28.2 Å². The molecule has 1 aromatic heterocycles. The average molecular weight is 346 g/mol. The SMILES string of the molecule is CSc1sc(C(=O)O)c2c1C(=O)C(=CO)C(c1ccccc1)C2. The van der Waals surface area contributed by atoms with Crippen LogP contribution in [-0.2, 0) is 6.42 Å². The fourth-order valence-electron chi connectivity index (χ4n) is 2.93. The van der Waals surface area contributed by atoms with E-state index >= 15 is 0 Å². The number of carboxylic acid groups (broad SMARTS) is 1. The van der Waals surface area contributed by atoms with Crippen molar-refractivity contribution in [2.45, 2.75) is 16.5 Å². The van der Waals surface area contributed by atoms with Crippen molar-refractivity contribution in [3.8, 4) is 0 Å². The molecule has 3 rings (SSSR count). The number of ketones is 1.